The summed E-state index contributed by atoms with van der Waals surface area (Å²) in [7, 11) is 0. The van der Waals surface area contributed by atoms with E-state index in [1.165, 1.54) is 16.8 Å². The number of nitrogens with zero attached hydrogens (tertiary/aromatic N) is 3. The van der Waals surface area contributed by atoms with Gasteiger partial charge in [-0.05, 0) is 50.7 Å². The van der Waals surface area contributed by atoms with Crippen molar-refractivity contribution >= 4 is 6.03 Å². The Morgan fingerprint density at radius 2 is 2.04 bits per heavy atom. The first-order valence-electron chi connectivity index (χ1n) is 9.47. The molecule has 1 spiro atoms. The molecule has 2 heterocycles. The third kappa shape index (κ3) is 3.18. The molecule has 2 aliphatic rings. The average molecular weight is 350 g/mol. The van der Waals surface area contributed by atoms with E-state index in [1.807, 2.05) is 18.0 Å². The quantitative estimate of drug-likeness (QED) is 0.904. The highest BCUT2D eigenvalue weighted by atomic mass is 16.2. The number of urea groups is 1. The Hall–Kier alpha value is -2.43. The van der Waals surface area contributed by atoms with Crippen LogP contribution in [0.2, 0.25) is 0 Å². The van der Waals surface area contributed by atoms with Crippen LogP contribution >= 0.6 is 0 Å². The van der Waals surface area contributed by atoms with Crippen LogP contribution in [0, 0.1) is 13.8 Å². The molecule has 1 aromatic heterocycles. The number of hydrogen-bond donors (Lipinski definition) is 1. The second-order valence-electron chi connectivity index (χ2n) is 7.74. The predicted molar refractivity (Wildman–Crippen MR) is 101 cm³/mol. The Morgan fingerprint density at radius 3 is 2.85 bits per heavy atom. The first kappa shape index (κ1) is 17.0. The zero-order valence-corrected chi connectivity index (χ0v) is 15.6. The molecule has 5 heteroatoms. The molecule has 1 saturated heterocycles. The van der Waals surface area contributed by atoms with Crippen LogP contribution in [0.5, 0.6) is 0 Å². The molecular weight excluding hydrogens is 324 g/mol. The van der Waals surface area contributed by atoms with Gasteiger partial charge in [0.1, 0.15) is 5.82 Å². The van der Waals surface area contributed by atoms with Crippen LogP contribution in [0.4, 0.5) is 4.79 Å². The van der Waals surface area contributed by atoms with Gasteiger partial charge in [0.05, 0.1) is 5.69 Å². The normalized spacial score (nSPS) is 21.7. The summed E-state index contributed by atoms with van der Waals surface area (Å²) in [5, 5.41) is 3.08. The van der Waals surface area contributed by atoms with Crippen LogP contribution in [0.1, 0.15) is 47.5 Å². The van der Waals surface area contributed by atoms with Crippen LogP contribution in [-0.2, 0) is 18.4 Å². The monoisotopic (exact) mass is 350 g/mol. The minimum Gasteiger partial charge on any atom is -0.334 e. The third-order valence-electron chi connectivity index (χ3n) is 5.79. The van der Waals surface area contributed by atoms with Crippen molar-refractivity contribution in [3.63, 3.8) is 0 Å². The molecule has 1 N–H and O–H groups in total. The minimum absolute atomic E-state index is 0.0164. The SMILES string of the molecule is Cc1ccc(CNC(=O)N2CCCC3(CCc4cnc(C)nc43)C2)cc1. The maximum atomic E-state index is 12.7. The van der Waals surface area contributed by atoms with Crippen LogP contribution in [0.3, 0.4) is 0 Å². The Balaban J connectivity index is 1.45. The summed E-state index contributed by atoms with van der Waals surface area (Å²) >= 11 is 0. The fraction of sp³-hybridized carbons (Fsp3) is 0.476. The van der Waals surface area contributed by atoms with E-state index < -0.39 is 0 Å². The van der Waals surface area contributed by atoms with Gasteiger partial charge in [0.25, 0.3) is 0 Å². The highest BCUT2D eigenvalue weighted by Crippen LogP contribution is 2.43. The molecule has 0 saturated carbocycles. The Kier molecular flexibility index (Phi) is 4.39. The van der Waals surface area contributed by atoms with Gasteiger partial charge in [-0.1, -0.05) is 29.8 Å². The van der Waals surface area contributed by atoms with Crippen molar-refractivity contribution in [3.8, 4) is 0 Å². The number of aryl methyl sites for hydroxylation is 3. The number of carbonyl (C=O) groups excluding carboxylic acids is 1. The number of hydrogen-bond acceptors (Lipinski definition) is 3. The largest absolute Gasteiger partial charge is 0.334 e. The summed E-state index contributed by atoms with van der Waals surface area (Å²) in [4.78, 5) is 23.8. The standard InChI is InChI=1S/C21H26N4O/c1-15-4-6-17(7-5-15)12-23-20(26)25-11-3-9-21(14-25)10-8-18-13-22-16(2)24-19(18)21/h4-7,13H,3,8-12,14H2,1-2H3,(H,23,26). The van der Waals surface area contributed by atoms with E-state index in [4.69, 9.17) is 4.98 Å². The third-order valence-corrected chi connectivity index (χ3v) is 5.79. The van der Waals surface area contributed by atoms with Gasteiger partial charge in [-0.2, -0.15) is 0 Å². The Labute approximate surface area is 154 Å². The number of carbonyl (C=O) groups is 1. The molecule has 1 atom stereocenters. The van der Waals surface area contributed by atoms with Crippen molar-refractivity contribution in [2.24, 2.45) is 0 Å². The second-order valence-corrected chi connectivity index (χ2v) is 7.74. The van der Waals surface area contributed by atoms with Crippen molar-refractivity contribution in [2.75, 3.05) is 13.1 Å². The number of amides is 2. The molecule has 0 bridgehead atoms. The Bertz CT molecular complexity index is 813. The first-order chi connectivity index (χ1) is 12.6. The molecule has 1 aromatic carbocycles. The van der Waals surface area contributed by atoms with Gasteiger partial charge in [-0.15, -0.1) is 0 Å². The molecule has 5 nitrogen and oxygen atoms in total. The predicted octanol–water partition coefficient (Wildman–Crippen LogP) is 3.28. The number of nitrogens with one attached hydrogen (secondary N) is 1. The van der Waals surface area contributed by atoms with Crippen molar-refractivity contribution in [1.29, 1.82) is 0 Å². The van der Waals surface area contributed by atoms with E-state index in [2.05, 4.69) is 41.5 Å². The van der Waals surface area contributed by atoms with Crippen molar-refractivity contribution in [2.45, 2.75) is 51.5 Å². The molecule has 1 aliphatic heterocycles. The van der Waals surface area contributed by atoms with Gasteiger partial charge in [-0.3, -0.25) is 0 Å². The average Bonchev–Trinajstić information content (AvgIpc) is 2.98. The molecular formula is C21H26N4O. The summed E-state index contributed by atoms with van der Waals surface area (Å²) < 4.78 is 0. The first-order valence-corrected chi connectivity index (χ1v) is 9.47. The van der Waals surface area contributed by atoms with E-state index in [-0.39, 0.29) is 11.4 Å². The minimum atomic E-state index is 0.0164. The maximum Gasteiger partial charge on any atom is 0.317 e. The molecule has 136 valence electrons. The van der Waals surface area contributed by atoms with Gasteiger partial charge in [0, 0.05) is 31.2 Å². The highest BCUT2D eigenvalue weighted by molar-refractivity contribution is 5.74. The second kappa shape index (κ2) is 6.71. The summed E-state index contributed by atoms with van der Waals surface area (Å²) in [6, 6.07) is 8.33. The van der Waals surface area contributed by atoms with Crippen LogP contribution in [-0.4, -0.2) is 34.0 Å². The fourth-order valence-corrected chi connectivity index (χ4v) is 4.33. The zero-order chi connectivity index (χ0) is 18.1. The topological polar surface area (TPSA) is 58.1 Å². The number of fused-ring (bicyclic) bond motifs is 2. The maximum absolute atomic E-state index is 12.7. The van der Waals surface area contributed by atoms with E-state index >= 15 is 0 Å². The molecule has 1 aliphatic carbocycles. The van der Waals surface area contributed by atoms with E-state index in [9.17, 15) is 4.79 Å². The van der Waals surface area contributed by atoms with Gasteiger partial charge in [0.15, 0.2) is 0 Å². The smallest absolute Gasteiger partial charge is 0.317 e. The van der Waals surface area contributed by atoms with Gasteiger partial charge in [0.2, 0.25) is 0 Å². The molecule has 2 aromatic rings. The molecule has 26 heavy (non-hydrogen) atoms. The fourth-order valence-electron chi connectivity index (χ4n) is 4.33. The van der Waals surface area contributed by atoms with Gasteiger partial charge in [-0.25, -0.2) is 14.8 Å². The summed E-state index contributed by atoms with van der Waals surface area (Å²) in [6.45, 7) is 6.17. The van der Waals surface area contributed by atoms with Crippen LogP contribution < -0.4 is 5.32 Å². The van der Waals surface area contributed by atoms with Crippen molar-refractivity contribution in [1.82, 2.24) is 20.2 Å². The summed E-state index contributed by atoms with van der Waals surface area (Å²) in [6.07, 6.45) is 6.21. The van der Waals surface area contributed by atoms with Crippen LogP contribution in [0.25, 0.3) is 0 Å². The lowest BCUT2D eigenvalue weighted by Crippen LogP contribution is -2.51. The lowest BCUT2D eigenvalue weighted by atomic mass is 9.77. The molecule has 1 unspecified atom stereocenters. The number of benzene rings is 1. The van der Waals surface area contributed by atoms with E-state index in [1.54, 1.807) is 0 Å². The molecule has 2 amide bonds. The number of aromatic nitrogens is 2. The molecule has 0 radical (unpaired) electrons. The summed E-state index contributed by atoms with van der Waals surface area (Å²) in [5.41, 5.74) is 4.82. The number of likely N-dealkylation sites (tertiary alicyclic amines) is 1. The lowest BCUT2D eigenvalue weighted by molar-refractivity contribution is 0.147. The zero-order valence-electron chi connectivity index (χ0n) is 15.6. The molecule has 4 rings (SSSR count). The highest BCUT2D eigenvalue weighted by Gasteiger charge is 2.44. The number of piperidine rings is 1. The van der Waals surface area contributed by atoms with Crippen molar-refractivity contribution in [3.05, 3.63) is 58.7 Å². The van der Waals surface area contributed by atoms with Crippen LogP contribution in [0.15, 0.2) is 30.5 Å². The van der Waals surface area contributed by atoms with E-state index in [0.29, 0.717) is 6.54 Å². The van der Waals surface area contributed by atoms with Gasteiger partial charge >= 0.3 is 6.03 Å². The number of rotatable bonds is 2. The van der Waals surface area contributed by atoms with Crippen molar-refractivity contribution < 1.29 is 4.79 Å². The van der Waals surface area contributed by atoms with E-state index in [0.717, 1.165) is 50.2 Å². The lowest BCUT2D eigenvalue weighted by Gasteiger charge is -2.40. The van der Waals surface area contributed by atoms with Gasteiger partial charge < -0.3 is 10.2 Å². The Morgan fingerprint density at radius 1 is 1.23 bits per heavy atom. The molecule has 1 fully saturated rings. The summed E-state index contributed by atoms with van der Waals surface area (Å²) in [5.74, 6) is 0.825.